The highest BCUT2D eigenvalue weighted by molar-refractivity contribution is 14.0. The third-order valence-corrected chi connectivity index (χ3v) is 4.15. The van der Waals surface area contributed by atoms with Gasteiger partial charge in [-0.2, -0.15) is 13.2 Å². The van der Waals surface area contributed by atoms with Gasteiger partial charge < -0.3 is 15.4 Å². The van der Waals surface area contributed by atoms with Crippen LogP contribution in [0.5, 0.6) is 0 Å². The van der Waals surface area contributed by atoms with Crippen LogP contribution in [0.2, 0.25) is 0 Å². The number of aliphatic imine (C=N–C) groups is 1. The summed E-state index contributed by atoms with van der Waals surface area (Å²) in [5.74, 6) is 0.910. The first-order valence-electron chi connectivity index (χ1n) is 8.39. The fraction of sp³-hybridized carbons (Fsp3) is 0.933. The molecule has 0 aliphatic carbocycles. The van der Waals surface area contributed by atoms with Crippen LogP contribution in [-0.4, -0.2) is 69.0 Å². The fourth-order valence-electron chi connectivity index (χ4n) is 3.04. The standard InChI is InChI=1S/C15H27F3N4O.HI/c1-2-19-14(21-9-13-4-3-7-23-13)20-8-12-5-6-22(10-12)11-15(16,17)18;/h12-13H,2-11H2,1H3,(H2,19,20,21);1H. The maximum atomic E-state index is 12.4. The maximum absolute atomic E-state index is 12.4. The highest BCUT2D eigenvalue weighted by atomic mass is 127. The van der Waals surface area contributed by atoms with Gasteiger partial charge in [-0.25, -0.2) is 0 Å². The van der Waals surface area contributed by atoms with E-state index in [2.05, 4.69) is 15.6 Å². The van der Waals surface area contributed by atoms with E-state index < -0.39 is 12.7 Å². The topological polar surface area (TPSA) is 48.9 Å². The monoisotopic (exact) mass is 464 g/mol. The lowest BCUT2D eigenvalue weighted by molar-refractivity contribution is -0.143. The second-order valence-corrected chi connectivity index (χ2v) is 6.24. The van der Waals surface area contributed by atoms with E-state index in [4.69, 9.17) is 4.74 Å². The summed E-state index contributed by atoms with van der Waals surface area (Å²) in [5.41, 5.74) is 0. The van der Waals surface area contributed by atoms with Crippen LogP contribution in [0.4, 0.5) is 13.2 Å². The Morgan fingerprint density at radius 3 is 2.71 bits per heavy atom. The van der Waals surface area contributed by atoms with Crippen molar-refractivity contribution in [2.75, 3.05) is 45.9 Å². The quantitative estimate of drug-likeness (QED) is 0.360. The molecule has 2 rings (SSSR count). The summed E-state index contributed by atoms with van der Waals surface area (Å²) in [6.07, 6.45) is -0.966. The first kappa shape index (κ1) is 21.8. The summed E-state index contributed by atoms with van der Waals surface area (Å²) in [6, 6.07) is 0. The lowest BCUT2D eigenvalue weighted by Crippen LogP contribution is -2.41. The number of hydrogen-bond acceptors (Lipinski definition) is 3. The first-order chi connectivity index (χ1) is 11.0. The highest BCUT2D eigenvalue weighted by Crippen LogP contribution is 2.22. The molecule has 2 aliphatic heterocycles. The fourth-order valence-corrected chi connectivity index (χ4v) is 3.04. The molecular formula is C15H28F3IN4O. The Labute approximate surface area is 158 Å². The van der Waals surface area contributed by atoms with E-state index in [-0.39, 0.29) is 36.0 Å². The van der Waals surface area contributed by atoms with Crippen LogP contribution in [0.15, 0.2) is 4.99 Å². The number of nitrogens with one attached hydrogen (secondary N) is 2. The second kappa shape index (κ2) is 10.6. The van der Waals surface area contributed by atoms with Crippen molar-refractivity contribution in [3.63, 3.8) is 0 Å². The molecule has 0 radical (unpaired) electrons. The molecule has 24 heavy (non-hydrogen) atoms. The molecule has 142 valence electrons. The molecule has 0 saturated carbocycles. The van der Waals surface area contributed by atoms with Crippen LogP contribution < -0.4 is 10.6 Å². The van der Waals surface area contributed by atoms with E-state index in [0.29, 0.717) is 19.6 Å². The molecule has 2 aliphatic rings. The average Bonchev–Trinajstić information content (AvgIpc) is 3.12. The normalized spacial score (nSPS) is 25.6. The van der Waals surface area contributed by atoms with E-state index >= 15 is 0 Å². The Bertz CT molecular complexity index is 389. The molecule has 2 atom stereocenters. The number of alkyl halides is 3. The molecule has 2 unspecified atom stereocenters. The van der Waals surface area contributed by atoms with Crippen molar-refractivity contribution < 1.29 is 17.9 Å². The summed E-state index contributed by atoms with van der Waals surface area (Å²) in [4.78, 5) is 5.98. The summed E-state index contributed by atoms with van der Waals surface area (Å²) in [6.45, 7) is 4.98. The Kier molecular flexibility index (Phi) is 9.65. The minimum Gasteiger partial charge on any atom is -0.376 e. The Morgan fingerprint density at radius 2 is 2.08 bits per heavy atom. The predicted molar refractivity (Wildman–Crippen MR) is 99.0 cm³/mol. The van der Waals surface area contributed by atoms with Gasteiger partial charge >= 0.3 is 6.18 Å². The molecular weight excluding hydrogens is 436 g/mol. The van der Waals surface area contributed by atoms with Crippen LogP contribution in [0.1, 0.15) is 26.2 Å². The molecule has 9 heteroatoms. The van der Waals surface area contributed by atoms with Gasteiger partial charge in [0.2, 0.25) is 0 Å². The van der Waals surface area contributed by atoms with Crippen LogP contribution >= 0.6 is 24.0 Å². The van der Waals surface area contributed by atoms with Gasteiger partial charge in [0.25, 0.3) is 0 Å². The van der Waals surface area contributed by atoms with Crippen LogP contribution in [0.25, 0.3) is 0 Å². The van der Waals surface area contributed by atoms with E-state index in [1.165, 1.54) is 4.90 Å². The predicted octanol–water partition coefficient (Wildman–Crippen LogP) is 2.22. The SMILES string of the molecule is CCNC(=NCC1CCN(CC(F)(F)F)C1)NCC1CCCO1.I. The molecule has 0 spiro atoms. The summed E-state index contributed by atoms with van der Waals surface area (Å²) in [7, 11) is 0. The first-order valence-corrected chi connectivity index (χ1v) is 8.39. The number of nitrogens with zero attached hydrogens (tertiary/aromatic N) is 2. The molecule has 2 N–H and O–H groups in total. The van der Waals surface area contributed by atoms with Gasteiger partial charge in [0.05, 0.1) is 12.6 Å². The summed E-state index contributed by atoms with van der Waals surface area (Å²) >= 11 is 0. The lowest BCUT2D eigenvalue weighted by atomic mass is 10.1. The smallest absolute Gasteiger partial charge is 0.376 e. The molecule has 0 aromatic carbocycles. The zero-order chi connectivity index (χ0) is 16.7. The van der Waals surface area contributed by atoms with E-state index in [0.717, 1.165) is 44.9 Å². The molecule has 0 bridgehead atoms. The van der Waals surface area contributed by atoms with Crippen molar-refractivity contribution in [3.05, 3.63) is 0 Å². The van der Waals surface area contributed by atoms with Gasteiger partial charge in [-0.15, -0.1) is 24.0 Å². The van der Waals surface area contributed by atoms with E-state index in [9.17, 15) is 13.2 Å². The van der Waals surface area contributed by atoms with Gasteiger partial charge in [-0.3, -0.25) is 9.89 Å². The van der Waals surface area contributed by atoms with Crippen molar-refractivity contribution in [1.82, 2.24) is 15.5 Å². The highest BCUT2D eigenvalue weighted by Gasteiger charge is 2.34. The zero-order valence-electron chi connectivity index (χ0n) is 14.1. The largest absolute Gasteiger partial charge is 0.401 e. The van der Waals surface area contributed by atoms with Gasteiger partial charge in [-0.1, -0.05) is 0 Å². The molecule has 2 fully saturated rings. The Balaban J connectivity index is 0.00000288. The third-order valence-electron chi connectivity index (χ3n) is 4.15. The minimum absolute atomic E-state index is 0. The number of rotatable bonds is 6. The molecule has 5 nitrogen and oxygen atoms in total. The summed E-state index contributed by atoms with van der Waals surface area (Å²) < 4.78 is 42.8. The number of halogens is 4. The molecule has 2 saturated heterocycles. The molecule has 0 amide bonds. The van der Waals surface area contributed by atoms with E-state index in [1.807, 2.05) is 6.92 Å². The second-order valence-electron chi connectivity index (χ2n) is 6.24. The van der Waals surface area contributed by atoms with E-state index in [1.54, 1.807) is 0 Å². The molecule has 0 aromatic heterocycles. The number of ether oxygens (including phenoxy) is 1. The van der Waals surface area contributed by atoms with Crippen molar-refractivity contribution >= 4 is 29.9 Å². The number of likely N-dealkylation sites (tertiary alicyclic amines) is 1. The third kappa shape index (κ3) is 8.19. The van der Waals surface area contributed by atoms with Gasteiger partial charge in [0.15, 0.2) is 5.96 Å². The number of hydrogen-bond donors (Lipinski definition) is 2. The van der Waals surface area contributed by atoms with Crippen LogP contribution in [0.3, 0.4) is 0 Å². The average molecular weight is 464 g/mol. The molecule has 2 heterocycles. The van der Waals surface area contributed by atoms with Gasteiger partial charge in [0.1, 0.15) is 0 Å². The van der Waals surface area contributed by atoms with Crippen molar-refractivity contribution in [3.8, 4) is 0 Å². The zero-order valence-corrected chi connectivity index (χ0v) is 16.4. The summed E-state index contributed by atoms with van der Waals surface area (Å²) in [5, 5.41) is 6.43. The lowest BCUT2D eigenvalue weighted by Gasteiger charge is -2.18. The maximum Gasteiger partial charge on any atom is 0.401 e. The van der Waals surface area contributed by atoms with Gasteiger partial charge in [-0.05, 0) is 38.6 Å². The van der Waals surface area contributed by atoms with Crippen molar-refractivity contribution in [2.24, 2.45) is 10.9 Å². The van der Waals surface area contributed by atoms with Gasteiger partial charge in [0, 0.05) is 32.8 Å². The van der Waals surface area contributed by atoms with Crippen molar-refractivity contribution in [2.45, 2.75) is 38.5 Å². The number of guanidine groups is 1. The van der Waals surface area contributed by atoms with Crippen molar-refractivity contribution in [1.29, 1.82) is 0 Å². The Hall–Kier alpha value is -0.290. The Morgan fingerprint density at radius 1 is 1.29 bits per heavy atom. The van der Waals surface area contributed by atoms with Crippen LogP contribution in [0, 0.1) is 5.92 Å². The minimum atomic E-state index is -4.12. The molecule has 0 aromatic rings. The van der Waals surface area contributed by atoms with Crippen LogP contribution in [-0.2, 0) is 4.74 Å².